The summed E-state index contributed by atoms with van der Waals surface area (Å²) in [6, 6.07) is 7.03. The van der Waals surface area contributed by atoms with Crippen LogP contribution in [0.4, 0.5) is 0 Å². The van der Waals surface area contributed by atoms with Crippen LogP contribution in [0.5, 0.6) is 5.75 Å². The minimum atomic E-state index is -0.131. The SMILES string of the molecule is CCC(CCN)CCC(=O)N(C)C(C)c1ccccc1O. The molecule has 0 saturated heterocycles. The number of benzene rings is 1. The summed E-state index contributed by atoms with van der Waals surface area (Å²) in [5.41, 5.74) is 6.37. The summed E-state index contributed by atoms with van der Waals surface area (Å²) in [6.45, 7) is 4.75. The number of amides is 1. The summed E-state index contributed by atoms with van der Waals surface area (Å²) in [5.74, 6) is 0.869. The highest BCUT2D eigenvalue weighted by atomic mass is 16.3. The van der Waals surface area contributed by atoms with Crippen LogP contribution in [0.25, 0.3) is 0 Å². The quantitative estimate of drug-likeness (QED) is 0.774. The fourth-order valence-corrected chi connectivity index (χ4v) is 2.56. The first-order valence-corrected chi connectivity index (χ1v) is 7.74. The van der Waals surface area contributed by atoms with Gasteiger partial charge in [0.1, 0.15) is 5.75 Å². The van der Waals surface area contributed by atoms with Crippen molar-refractivity contribution in [1.29, 1.82) is 0 Å². The van der Waals surface area contributed by atoms with Gasteiger partial charge in [-0.1, -0.05) is 31.5 Å². The fraction of sp³-hybridized carbons (Fsp3) is 0.588. The Kier molecular flexibility index (Phi) is 7.23. The number of aromatic hydroxyl groups is 1. The Balaban J connectivity index is 2.59. The Morgan fingerprint density at radius 3 is 2.57 bits per heavy atom. The van der Waals surface area contributed by atoms with Crippen LogP contribution in [0, 0.1) is 5.92 Å². The van der Waals surface area contributed by atoms with E-state index in [0.29, 0.717) is 18.9 Å². The molecule has 0 aliphatic carbocycles. The molecule has 4 heteroatoms. The largest absolute Gasteiger partial charge is 0.508 e. The predicted octanol–water partition coefficient (Wildman–Crippen LogP) is 3.07. The highest BCUT2D eigenvalue weighted by Crippen LogP contribution is 2.28. The van der Waals surface area contributed by atoms with Crippen LogP contribution in [0.3, 0.4) is 0 Å². The number of phenolic OH excluding ortho intramolecular Hbond substituents is 1. The third-order valence-corrected chi connectivity index (χ3v) is 4.28. The average molecular weight is 292 g/mol. The van der Waals surface area contributed by atoms with Crippen molar-refractivity contribution < 1.29 is 9.90 Å². The Bertz CT molecular complexity index is 448. The van der Waals surface area contributed by atoms with E-state index in [1.165, 1.54) is 0 Å². The van der Waals surface area contributed by atoms with E-state index in [0.717, 1.165) is 24.8 Å². The van der Waals surface area contributed by atoms with Crippen LogP contribution < -0.4 is 5.73 Å². The summed E-state index contributed by atoms with van der Waals surface area (Å²) < 4.78 is 0. The molecule has 0 bridgehead atoms. The average Bonchev–Trinajstić information content (AvgIpc) is 2.50. The predicted molar refractivity (Wildman–Crippen MR) is 86.0 cm³/mol. The molecule has 118 valence electrons. The van der Waals surface area contributed by atoms with Crippen LogP contribution in [-0.4, -0.2) is 29.5 Å². The van der Waals surface area contributed by atoms with Gasteiger partial charge in [0.15, 0.2) is 0 Å². The van der Waals surface area contributed by atoms with Crippen LogP contribution in [0.15, 0.2) is 24.3 Å². The molecule has 1 amide bonds. The molecule has 0 spiro atoms. The van der Waals surface area contributed by atoms with Gasteiger partial charge in [0.25, 0.3) is 0 Å². The minimum absolute atomic E-state index is 0.112. The molecule has 1 aromatic rings. The molecular weight excluding hydrogens is 264 g/mol. The van der Waals surface area contributed by atoms with Crippen LogP contribution in [0.2, 0.25) is 0 Å². The van der Waals surface area contributed by atoms with Gasteiger partial charge in [0.05, 0.1) is 6.04 Å². The molecule has 2 atom stereocenters. The van der Waals surface area contributed by atoms with Gasteiger partial charge in [-0.05, 0) is 38.3 Å². The number of nitrogens with zero attached hydrogens (tertiary/aromatic N) is 1. The molecule has 0 saturated carbocycles. The maximum absolute atomic E-state index is 12.3. The molecule has 0 aromatic heterocycles. The summed E-state index contributed by atoms with van der Waals surface area (Å²) in [6.07, 6.45) is 3.45. The number of carbonyl (C=O) groups excluding carboxylic acids is 1. The molecule has 0 heterocycles. The molecule has 0 radical (unpaired) electrons. The smallest absolute Gasteiger partial charge is 0.222 e. The molecule has 1 rings (SSSR count). The number of hydrogen-bond acceptors (Lipinski definition) is 3. The van der Waals surface area contributed by atoms with Gasteiger partial charge in [-0.15, -0.1) is 0 Å². The first kappa shape index (κ1) is 17.5. The maximum atomic E-state index is 12.3. The number of para-hydroxylation sites is 1. The lowest BCUT2D eigenvalue weighted by atomic mass is 9.96. The zero-order chi connectivity index (χ0) is 15.8. The van der Waals surface area contributed by atoms with Crippen molar-refractivity contribution in [3.8, 4) is 5.75 Å². The van der Waals surface area contributed by atoms with Gasteiger partial charge in [-0.25, -0.2) is 0 Å². The monoisotopic (exact) mass is 292 g/mol. The highest BCUT2D eigenvalue weighted by Gasteiger charge is 2.20. The Labute approximate surface area is 128 Å². The third kappa shape index (κ3) is 5.05. The van der Waals surface area contributed by atoms with E-state index >= 15 is 0 Å². The van der Waals surface area contributed by atoms with Crippen LogP contribution >= 0.6 is 0 Å². The maximum Gasteiger partial charge on any atom is 0.222 e. The van der Waals surface area contributed by atoms with Crippen molar-refractivity contribution in [2.75, 3.05) is 13.6 Å². The molecule has 0 aliphatic heterocycles. The lowest BCUT2D eigenvalue weighted by molar-refractivity contribution is -0.132. The van der Waals surface area contributed by atoms with Crippen molar-refractivity contribution in [1.82, 2.24) is 4.90 Å². The third-order valence-electron chi connectivity index (χ3n) is 4.28. The lowest BCUT2D eigenvalue weighted by Gasteiger charge is -2.26. The molecule has 1 aromatic carbocycles. The summed E-state index contributed by atoms with van der Waals surface area (Å²) in [7, 11) is 1.79. The van der Waals surface area contributed by atoms with E-state index in [1.807, 2.05) is 19.1 Å². The topological polar surface area (TPSA) is 66.6 Å². The molecule has 2 unspecified atom stereocenters. The van der Waals surface area contributed by atoms with Crippen LogP contribution in [-0.2, 0) is 4.79 Å². The van der Waals surface area contributed by atoms with Gasteiger partial charge < -0.3 is 15.7 Å². The van der Waals surface area contributed by atoms with Gasteiger partial charge >= 0.3 is 0 Å². The zero-order valence-electron chi connectivity index (χ0n) is 13.4. The van der Waals surface area contributed by atoms with E-state index in [-0.39, 0.29) is 17.7 Å². The number of phenols is 1. The first-order valence-electron chi connectivity index (χ1n) is 7.74. The van der Waals surface area contributed by atoms with E-state index in [2.05, 4.69) is 6.92 Å². The van der Waals surface area contributed by atoms with Gasteiger partial charge in [0, 0.05) is 19.0 Å². The van der Waals surface area contributed by atoms with E-state index in [4.69, 9.17) is 5.73 Å². The van der Waals surface area contributed by atoms with Crippen molar-refractivity contribution in [3.63, 3.8) is 0 Å². The summed E-state index contributed by atoms with van der Waals surface area (Å²) >= 11 is 0. The number of nitrogens with two attached hydrogens (primary N) is 1. The van der Waals surface area contributed by atoms with Crippen LogP contribution in [0.1, 0.15) is 51.1 Å². The zero-order valence-corrected chi connectivity index (χ0v) is 13.4. The van der Waals surface area contributed by atoms with Crippen molar-refractivity contribution in [3.05, 3.63) is 29.8 Å². The number of hydrogen-bond donors (Lipinski definition) is 2. The van der Waals surface area contributed by atoms with Gasteiger partial charge in [-0.3, -0.25) is 4.79 Å². The van der Waals surface area contributed by atoms with E-state index < -0.39 is 0 Å². The second-order valence-electron chi connectivity index (χ2n) is 5.63. The van der Waals surface area contributed by atoms with Gasteiger partial charge in [-0.2, -0.15) is 0 Å². The fourth-order valence-electron chi connectivity index (χ4n) is 2.56. The molecular formula is C17H28N2O2. The normalized spacial score (nSPS) is 13.7. The first-order chi connectivity index (χ1) is 10.0. The van der Waals surface area contributed by atoms with Crippen molar-refractivity contribution in [2.45, 2.75) is 45.6 Å². The molecule has 0 fully saturated rings. The number of carbonyl (C=O) groups is 1. The Morgan fingerprint density at radius 1 is 1.33 bits per heavy atom. The Morgan fingerprint density at radius 2 is 2.00 bits per heavy atom. The second-order valence-corrected chi connectivity index (χ2v) is 5.63. The Hall–Kier alpha value is -1.55. The lowest BCUT2D eigenvalue weighted by Crippen LogP contribution is -2.30. The molecule has 4 nitrogen and oxygen atoms in total. The van der Waals surface area contributed by atoms with Crippen molar-refractivity contribution in [2.24, 2.45) is 11.7 Å². The van der Waals surface area contributed by atoms with E-state index in [9.17, 15) is 9.90 Å². The minimum Gasteiger partial charge on any atom is -0.508 e. The second kappa shape index (κ2) is 8.67. The van der Waals surface area contributed by atoms with Gasteiger partial charge in [0.2, 0.25) is 5.91 Å². The standard InChI is InChI=1S/C17H28N2O2/c1-4-14(11-12-18)9-10-17(21)19(3)13(2)15-7-5-6-8-16(15)20/h5-8,13-14,20H,4,9-12,18H2,1-3H3. The summed E-state index contributed by atoms with van der Waals surface area (Å²) in [4.78, 5) is 14.0. The number of rotatable bonds is 8. The molecule has 3 N–H and O–H groups in total. The highest BCUT2D eigenvalue weighted by molar-refractivity contribution is 5.76. The molecule has 21 heavy (non-hydrogen) atoms. The molecule has 0 aliphatic rings. The van der Waals surface area contributed by atoms with E-state index in [1.54, 1.807) is 24.1 Å². The summed E-state index contributed by atoms with van der Waals surface area (Å²) in [5, 5.41) is 9.89. The van der Waals surface area contributed by atoms with Crippen molar-refractivity contribution >= 4 is 5.91 Å².